The normalized spacial score (nSPS) is 11.4. The van der Waals surface area contributed by atoms with Crippen molar-refractivity contribution in [1.29, 1.82) is 0 Å². The lowest BCUT2D eigenvalue weighted by molar-refractivity contribution is -0.681. The van der Waals surface area contributed by atoms with E-state index in [9.17, 15) is 9.50 Å². The Morgan fingerprint density at radius 2 is 1.48 bits per heavy atom. The number of benzene rings is 2. The molecule has 114 valence electrons. The number of aromatic nitrogens is 1. The largest absolute Gasteiger partial charge is 0.854 e. The molecule has 4 heteroatoms. The zero-order valence-electron chi connectivity index (χ0n) is 12.4. The van der Waals surface area contributed by atoms with Crippen molar-refractivity contribution in [2.24, 2.45) is 5.10 Å². The topological polar surface area (TPSA) is 39.3 Å². The van der Waals surface area contributed by atoms with Crippen molar-refractivity contribution in [1.82, 2.24) is 0 Å². The Hall–Kier alpha value is -3.01. The molecule has 0 radical (unpaired) electrons. The van der Waals surface area contributed by atoms with Gasteiger partial charge in [-0.15, -0.1) is 0 Å². The third-order valence-electron chi connectivity index (χ3n) is 3.43. The van der Waals surface area contributed by atoms with Gasteiger partial charge in [-0.1, -0.05) is 47.1 Å². The van der Waals surface area contributed by atoms with Crippen molar-refractivity contribution in [3.05, 3.63) is 102 Å². The van der Waals surface area contributed by atoms with E-state index >= 15 is 0 Å². The van der Waals surface area contributed by atoms with Crippen molar-refractivity contribution >= 4 is 5.90 Å². The second-order valence-electron chi connectivity index (χ2n) is 5.16. The fraction of sp³-hybridized carbons (Fsp3) is 0.0526. The molecular formula is C19H15FN2O. The summed E-state index contributed by atoms with van der Waals surface area (Å²) in [5.41, 5.74) is 2.72. The van der Waals surface area contributed by atoms with E-state index in [2.05, 4.69) is 17.2 Å². The second kappa shape index (κ2) is 6.83. The van der Waals surface area contributed by atoms with E-state index in [0.29, 0.717) is 5.56 Å². The van der Waals surface area contributed by atoms with Gasteiger partial charge in [0.2, 0.25) is 12.4 Å². The highest BCUT2D eigenvalue weighted by Crippen LogP contribution is 2.07. The van der Waals surface area contributed by atoms with Crippen LogP contribution in [-0.4, -0.2) is 5.90 Å². The van der Waals surface area contributed by atoms with E-state index in [0.717, 1.165) is 12.0 Å². The van der Waals surface area contributed by atoms with Crippen LogP contribution in [0.4, 0.5) is 4.39 Å². The van der Waals surface area contributed by atoms with Crippen LogP contribution >= 0.6 is 0 Å². The Kier molecular flexibility index (Phi) is 4.43. The van der Waals surface area contributed by atoms with Crippen LogP contribution in [0.5, 0.6) is 0 Å². The molecule has 3 aromatic rings. The van der Waals surface area contributed by atoms with Crippen molar-refractivity contribution in [3.8, 4) is 0 Å². The van der Waals surface area contributed by atoms with Crippen LogP contribution in [0.3, 0.4) is 0 Å². The third-order valence-corrected chi connectivity index (χ3v) is 3.43. The first-order valence-electron chi connectivity index (χ1n) is 7.27. The molecule has 0 saturated heterocycles. The Morgan fingerprint density at radius 3 is 2.13 bits per heavy atom. The van der Waals surface area contributed by atoms with E-state index in [4.69, 9.17) is 0 Å². The van der Waals surface area contributed by atoms with E-state index < -0.39 is 5.90 Å². The van der Waals surface area contributed by atoms with Crippen LogP contribution in [0.2, 0.25) is 0 Å². The van der Waals surface area contributed by atoms with Crippen LogP contribution < -0.4 is 9.78 Å². The molecule has 0 N–H and O–H groups in total. The first-order chi connectivity index (χ1) is 11.2. The van der Waals surface area contributed by atoms with Gasteiger partial charge >= 0.3 is 0 Å². The zero-order valence-corrected chi connectivity index (χ0v) is 12.4. The quantitative estimate of drug-likeness (QED) is 0.414. The Balaban J connectivity index is 1.74. The Morgan fingerprint density at radius 1 is 0.870 bits per heavy atom. The van der Waals surface area contributed by atoms with Gasteiger partial charge in [-0.2, -0.15) is 0 Å². The molecular weight excluding hydrogens is 291 g/mol. The second-order valence-corrected chi connectivity index (χ2v) is 5.16. The molecule has 3 nitrogen and oxygen atoms in total. The molecule has 0 aliphatic carbocycles. The smallest absolute Gasteiger partial charge is 0.202 e. The maximum Gasteiger partial charge on any atom is 0.202 e. The molecule has 0 fully saturated rings. The molecule has 2 aromatic carbocycles. The molecule has 0 bridgehead atoms. The molecule has 1 heterocycles. The van der Waals surface area contributed by atoms with Gasteiger partial charge in [0.05, 0.1) is 5.90 Å². The van der Waals surface area contributed by atoms with E-state index in [1.165, 1.54) is 34.5 Å². The summed E-state index contributed by atoms with van der Waals surface area (Å²) in [6.45, 7) is 0. The standard InChI is InChI=1S/C19H15FN2O/c20-18-8-6-17(7-9-18)19(23)21-22-12-10-16(11-13-22)14-15-4-2-1-3-5-15/h1-13H,14H2. The highest BCUT2D eigenvalue weighted by Gasteiger charge is 2.02. The monoisotopic (exact) mass is 306 g/mol. The lowest BCUT2D eigenvalue weighted by Crippen LogP contribution is -2.33. The Bertz CT molecular complexity index is 797. The Labute approximate surface area is 134 Å². The summed E-state index contributed by atoms with van der Waals surface area (Å²) < 4.78 is 14.3. The minimum absolute atomic E-state index is 0.354. The molecule has 0 atom stereocenters. The lowest BCUT2D eigenvalue weighted by atomic mass is 10.1. The zero-order chi connectivity index (χ0) is 16.1. The van der Waals surface area contributed by atoms with E-state index in [1.54, 1.807) is 12.4 Å². The van der Waals surface area contributed by atoms with Gasteiger partial charge in [0, 0.05) is 12.1 Å². The number of hydrogen-bond donors (Lipinski definition) is 0. The number of pyridine rings is 1. The predicted octanol–water partition coefficient (Wildman–Crippen LogP) is 2.27. The molecule has 0 aliphatic rings. The molecule has 0 spiro atoms. The average Bonchev–Trinajstić information content (AvgIpc) is 2.58. The molecule has 0 amide bonds. The number of hydrogen-bond acceptors (Lipinski definition) is 2. The van der Waals surface area contributed by atoms with Gasteiger partial charge in [-0.3, -0.25) is 0 Å². The number of halogens is 1. The maximum atomic E-state index is 12.9. The summed E-state index contributed by atoms with van der Waals surface area (Å²) in [5.74, 6) is -0.787. The SMILES string of the molecule is [O-]/C(=N\[n+]1ccc(Cc2ccccc2)cc1)c1ccc(F)cc1. The summed E-state index contributed by atoms with van der Waals surface area (Å²) in [6.07, 6.45) is 4.30. The van der Waals surface area contributed by atoms with Gasteiger partial charge in [0.25, 0.3) is 0 Å². The van der Waals surface area contributed by atoms with Crippen LogP contribution in [0, 0.1) is 5.82 Å². The van der Waals surface area contributed by atoms with E-state index in [-0.39, 0.29) is 5.82 Å². The first kappa shape index (κ1) is 14.9. The fourth-order valence-electron chi connectivity index (χ4n) is 2.22. The summed E-state index contributed by atoms with van der Waals surface area (Å²) in [6, 6.07) is 19.3. The van der Waals surface area contributed by atoms with Crippen molar-refractivity contribution in [2.45, 2.75) is 6.42 Å². The highest BCUT2D eigenvalue weighted by atomic mass is 19.1. The highest BCUT2D eigenvalue weighted by molar-refractivity contribution is 5.89. The minimum atomic E-state index is -0.411. The van der Waals surface area contributed by atoms with E-state index in [1.807, 2.05) is 30.3 Å². The molecule has 3 rings (SSSR count). The van der Waals surface area contributed by atoms with Crippen LogP contribution in [0.15, 0.2) is 84.2 Å². The number of rotatable bonds is 4. The summed E-state index contributed by atoms with van der Waals surface area (Å²) in [7, 11) is 0. The van der Waals surface area contributed by atoms with Crippen molar-refractivity contribution < 1.29 is 14.2 Å². The maximum absolute atomic E-state index is 12.9. The van der Waals surface area contributed by atoms with Gasteiger partial charge in [-0.25, -0.2) is 4.39 Å². The minimum Gasteiger partial charge on any atom is -0.854 e. The molecule has 23 heavy (non-hydrogen) atoms. The number of nitrogens with zero attached hydrogens (tertiary/aromatic N) is 2. The molecule has 0 unspecified atom stereocenters. The molecule has 1 aromatic heterocycles. The van der Waals surface area contributed by atoms with Crippen LogP contribution in [-0.2, 0) is 6.42 Å². The summed E-state index contributed by atoms with van der Waals surface area (Å²) in [5, 5.41) is 16.0. The molecule has 0 aliphatic heterocycles. The van der Waals surface area contributed by atoms with Gasteiger partial charge < -0.3 is 5.11 Å². The fourth-order valence-corrected chi connectivity index (χ4v) is 2.22. The lowest BCUT2D eigenvalue weighted by Gasteiger charge is -2.06. The van der Waals surface area contributed by atoms with Crippen LogP contribution in [0.25, 0.3) is 0 Å². The van der Waals surface area contributed by atoms with Crippen LogP contribution in [0.1, 0.15) is 16.7 Å². The van der Waals surface area contributed by atoms with Gasteiger partial charge in [0.1, 0.15) is 5.82 Å². The summed E-state index contributed by atoms with van der Waals surface area (Å²) >= 11 is 0. The first-order valence-corrected chi connectivity index (χ1v) is 7.27. The van der Waals surface area contributed by atoms with Gasteiger partial charge in [-0.05, 0) is 40.3 Å². The summed E-state index contributed by atoms with van der Waals surface area (Å²) in [4.78, 5) is 0. The average molecular weight is 306 g/mol. The molecule has 0 saturated carbocycles. The van der Waals surface area contributed by atoms with Crippen molar-refractivity contribution in [2.75, 3.05) is 0 Å². The van der Waals surface area contributed by atoms with Crippen molar-refractivity contribution in [3.63, 3.8) is 0 Å². The predicted molar refractivity (Wildman–Crippen MR) is 84.2 cm³/mol. The van der Waals surface area contributed by atoms with Gasteiger partial charge in [0.15, 0.2) is 0 Å². The third kappa shape index (κ3) is 4.01.